The third kappa shape index (κ3) is 4.15. The maximum atomic E-state index is 9.39. The SMILES string of the molecule is COc1ccc(CCN2CCC(c3cccc4sc(CO)nc34)CC2)cc1. The number of piperidine rings is 1. The normalized spacial score (nSPS) is 16.1. The Morgan fingerprint density at radius 3 is 2.63 bits per heavy atom. The molecule has 0 unspecified atom stereocenters. The highest BCUT2D eigenvalue weighted by atomic mass is 32.1. The molecule has 142 valence electrons. The summed E-state index contributed by atoms with van der Waals surface area (Å²) in [6, 6.07) is 14.9. The number of rotatable bonds is 6. The molecule has 1 saturated heterocycles. The summed E-state index contributed by atoms with van der Waals surface area (Å²) in [6.07, 6.45) is 3.43. The first-order chi connectivity index (χ1) is 13.3. The highest BCUT2D eigenvalue weighted by molar-refractivity contribution is 7.18. The third-order valence-electron chi connectivity index (χ3n) is 5.53. The number of thiazole rings is 1. The van der Waals surface area contributed by atoms with Crippen LogP contribution in [-0.4, -0.2) is 41.7 Å². The minimum absolute atomic E-state index is 0.0303. The van der Waals surface area contributed by atoms with E-state index >= 15 is 0 Å². The number of fused-ring (bicyclic) bond motifs is 1. The standard InChI is InChI=1S/C22H26N2O2S/c1-26-18-7-5-16(6-8-18)9-12-24-13-10-17(11-14-24)19-3-2-4-20-22(19)23-21(15-25)27-20/h2-8,17,25H,9-15H2,1H3. The van der Waals surface area contributed by atoms with Crippen molar-refractivity contribution in [3.63, 3.8) is 0 Å². The summed E-state index contributed by atoms with van der Waals surface area (Å²) >= 11 is 1.60. The van der Waals surface area contributed by atoms with Gasteiger partial charge in [0.05, 0.1) is 23.9 Å². The van der Waals surface area contributed by atoms with Crippen LogP contribution < -0.4 is 4.74 Å². The number of nitrogens with zero attached hydrogens (tertiary/aromatic N) is 2. The van der Waals surface area contributed by atoms with E-state index in [-0.39, 0.29) is 6.61 Å². The fourth-order valence-electron chi connectivity index (χ4n) is 3.96. The molecule has 0 radical (unpaired) electrons. The Morgan fingerprint density at radius 1 is 1.15 bits per heavy atom. The Bertz CT molecular complexity index is 883. The van der Waals surface area contributed by atoms with Gasteiger partial charge in [0, 0.05) is 6.54 Å². The molecule has 0 atom stereocenters. The van der Waals surface area contributed by atoms with Crippen molar-refractivity contribution in [3.8, 4) is 5.75 Å². The number of likely N-dealkylation sites (tertiary alicyclic amines) is 1. The smallest absolute Gasteiger partial charge is 0.119 e. The number of aliphatic hydroxyl groups excluding tert-OH is 1. The van der Waals surface area contributed by atoms with E-state index in [0.29, 0.717) is 5.92 Å². The molecule has 0 bridgehead atoms. The average Bonchev–Trinajstić information content (AvgIpc) is 3.16. The van der Waals surface area contributed by atoms with E-state index in [0.717, 1.165) is 42.3 Å². The molecule has 2 aromatic carbocycles. The lowest BCUT2D eigenvalue weighted by molar-refractivity contribution is 0.215. The summed E-state index contributed by atoms with van der Waals surface area (Å²) in [5.41, 5.74) is 3.82. The zero-order valence-electron chi connectivity index (χ0n) is 15.7. The molecule has 1 aromatic heterocycles. The van der Waals surface area contributed by atoms with Gasteiger partial charge in [-0.05, 0) is 67.6 Å². The zero-order chi connectivity index (χ0) is 18.6. The molecule has 1 fully saturated rings. The molecule has 5 heteroatoms. The summed E-state index contributed by atoms with van der Waals surface area (Å²) < 4.78 is 6.42. The number of hydrogen-bond donors (Lipinski definition) is 1. The van der Waals surface area contributed by atoms with E-state index in [9.17, 15) is 5.11 Å². The van der Waals surface area contributed by atoms with E-state index in [1.165, 1.54) is 28.7 Å². The minimum Gasteiger partial charge on any atom is -0.497 e. The fraction of sp³-hybridized carbons (Fsp3) is 0.409. The number of hydrogen-bond acceptors (Lipinski definition) is 5. The summed E-state index contributed by atoms with van der Waals surface area (Å²) in [6.45, 7) is 3.40. The van der Waals surface area contributed by atoms with Gasteiger partial charge in [-0.15, -0.1) is 11.3 Å². The molecule has 0 spiro atoms. The Hall–Kier alpha value is -1.95. The zero-order valence-corrected chi connectivity index (χ0v) is 16.5. The van der Waals surface area contributed by atoms with Gasteiger partial charge in [-0.1, -0.05) is 24.3 Å². The average molecular weight is 383 g/mol. The number of benzene rings is 2. The van der Waals surface area contributed by atoms with Crippen molar-refractivity contribution in [1.82, 2.24) is 9.88 Å². The summed E-state index contributed by atoms with van der Waals surface area (Å²) in [4.78, 5) is 7.23. The van der Waals surface area contributed by atoms with Crippen LogP contribution in [0.2, 0.25) is 0 Å². The van der Waals surface area contributed by atoms with Gasteiger partial charge in [0.15, 0.2) is 0 Å². The van der Waals surface area contributed by atoms with Gasteiger partial charge in [0.2, 0.25) is 0 Å². The van der Waals surface area contributed by atoms with Gasteiger partial charge in [-0.25, -0.2) is 4.98 Å². The molecule has 0 aliphatic carbocycles. The van der Waals surface area contributed by atoms with Gasteiger partial charge in [-0.3, -0.25) is 0 Å². The monoisotopic (exact) mass is 382 g/mol. The first-order valence-corrected chi connectivity index (χ1v) is 10.4. The van der Waals surface area contributed by atoms with Crippen LogP contribution >= 0.6 is 11.3 Å². The van der Waals surface area contributed by atoms with Crippen molar-refractivity contribution < 1.29 is 9.84 Å². The van der Waals surface area contributed by atoms with E-state index in [2.05, 4.69) is 40.2 Å². The van der Waals surface area contributed by atoms with E-state index < -0.39 is 0 Å². The maximum absolute atomic E-state index is 9.39. The minimum atomic E-state index is 0.0303. The summed E-state index contributed by atoms with van der Waals surface area (Å²) in [5.74, 6) is 1.49. The number of aliphatic hydroxyl groups is 1. The van der Waals surface area contributed by atoms with Gasteiger partial charge < -0.3 is 14.7 Å². The topological polar surface area (TPSA) is 45.6 Å². The van der Waals surface area contributed by atoms with Gasteiger partial charge in [0.1, 0.15) is 10.8 Å². The van der Waals surface area contributed by atoms with Crippen molar-refractivity contribution in [2.24, 2.45) is 0 Å². The molecule has 3 aromatic rings. The van der Waals surface area contributed by atoms with Crippen molar-refractivity contribution in [2.75, 3.05) is 26.7 Å². The number of para-hydroxylation sites is 1. The molecule has 2 heterocycles. The van der Waals surface area contributed by atoms with Gasteiger partial charge in [0.25, 0.3) is 0 Å². The van der Waals surface area contributed by atoms with Gasteiger partial charge in [-0.2, -0.15) is 0 Å². The lowest BCUT2D eigenvalue weighted by atomic mass is 9.88. The van der Waals surface area contributed by atoms with E-state index in [4.69, 9.17) is 4.74 Å². The van der Waals surface area contributed by atoms with Crippen molar-refractivity contribution in [1.29, 1.82) is 0 Å². The van der Waals surface area contributed by atoms with Crippen molar-refractivity contribution in [3.05, 3.63) is 58.6 Å². The Labute approximate surface area is 164 Å². The second-order valence-corrected chi connectivity index (χ2v) is 8.29. The molecular weight excluding hydrogens is 356 g/mol. The van der Waals surface area contributed by atoms with Crippen LogP contribution in [-0.2, 0) is 13.0 Å². The highest BCUT2D eigenvalue weighted by Crippen LogP contribution is 2.34. The second-order valence-electron chi connectivity index (χ2n) is 7.17. The number of ether oxygens (including phenoxy) is 1. The molecule has 1 aliphatic rings. The molecular formula is C22H26N2O2S. The lowest BCUT2D eigenvalue weighted by Gasteiger charge is -2.32. The Kier molecular flexibility index (Phi) is 5.72. The first-order valence-electron chi connectivity index (χ1n) is 9.61. The molecule has 4 rings (SSSR count). The number of aromatic nitrogens is 1. The molecule has 1 N–H and O–H groups in total. The van der Waals surface area contributed by atoms with Gasteiger partial charge >= 0.3 is 0 Å². The van der Waals surface area contributed by atoms with Crippen LogP contribution in [0.25, 0.3) is 10.2 Å². The van der Waals surface area contributed by atoms with Crippen LogP contribution in [0.15, 0.2) is 42.5 Å². The van der Waals surface area contributed by atoms with Crippen LogP contribution in [0.4, 0.5) is 0 Å². The van der Waals surface area contributed by atoms with Crippen molar-refractivity contribution in [2.45, 2.75) is 31.8 Å². The van der Waals surface area contributed by atoms with E-state index in [1.807, 2.05) is 12.1 Å². The quantitative estimate of drug-likeness (QED) is 0.693. The highest BCUT2D eigenvalue weighted by Gasteiger charge is 2.23. The third-order valence-corrected chi connectivity index (χ3v) is 6.54. The molecule has 27 heavy (non-hydrogen) atoms. The van der Waals surface area contributed by atoms with Crippen LogP contribution in [0.1, 0.15) is 34.9 Å². The molecule has 0 saturated carbocycles. The predicted molar refractivity (Wildman–Crippen MR) is 111 cm³/mol. The second kappa shape index (κ2) is 8.38. The predicted octanol–water partition coefficient (Wildman–Crippen LogP) is 4.22. The maximum Gasteiger partial charge on any atom is 0.119 e. The fourth-order valence-corrected chi connectivity index (χ4v) is 4.82. The number of methoxy groups -OCH3 is 1. The molecule has 4 nitrogen and oxygen atoms in total. The lowest BCUT2D eigenvalue weighted by Crippen LogP contribution is -2.34. The van der Waals surface area contributed by atoms with Crippen LogP contribution in [0.5, 0.6) is 5.75 Å². The van der Waals surface area contributed by atoms with Crippen molar-refractivity contribution >= 4 is 21.6 Å². The molecule has 1 aliphatic heterocycles. The molecule has 0 amide bonds. The van der Waals surface area contributed by atoms with Crippen LogP contribution in [0, 0.1) is 0 Å². The summed E-state index contributed by atoms with van der Waals surface area (Å²) in [5, 5.41) is 10.2. The summed E-state index contributed by atoms with van der Waals surface area (Å²) in [7, 11) is 1.70. The Morgan fingerprint density at radius 2 is 1.93 bits per heavy atom. The van der Waals surface area contributed by atoms with Crippen LogP contribution in [0.3, 0.4) is 0 Å². The first kappa shape index (κ1) is 18.4. The van der Waals surface area contributed by atoms with E-state index in [1.54, 1.807) is 18.4 Å². The largest absolute Gasteiger partial charge is 0.497 e. The Balaban J connectivity index is 1.35.